The molecule has 0 bridgehead atoms. The van der Waals surface area contributed by atoms with E-state index >= 15 is 0 Å². The van der Waals surface area contributed by atoms with Crippen molar-refractivity contribution in [1.82, 2.24) is 4.72 Å². The standard InChI is InChI=1S/C13H18BrNO4S/c1-2-3-8-12(13(16)17)15-20(18,19)9-10-6-4-5-7-11(10)14/h4-7,12,15H,2-3,8-9H2,1H3,(H,16,17)/t12-/m0/s1. The Morgan fingerprint density at radius 3 is 2.60 bits per heavy atom. The number of unbranched alkanes of at least 4 members (excludes halogenated alkanes) is 1. The van der Waals surface area contributed by atoms with Crippen LogP contribution in [0.4, 0.5) is 0 Å². The third kappa shape index (κ3) is 5.60. The Balaban J connectivity index is 2.78. The molecule has 7 heteroatoms. The van der Waals surface area contributed by atoms with Crippen molar-refractivity contribution >= 4 is 31.9 Å². The largest absolute Gasteiger partial charge is 0.480 e. The molecule has 2 N–H and O–H groups in total. The van der Waals surface area contributed by atoms with Gasteiger partial charge in [-0.3, -0.25) is 4.79 Å². The van der Waals surface area contributed by atoms with Crippen molar-refractivity contribution < 1.29 is 18.3 Å². The fourth-order valence-electron chi connectivity index (χ4n) is 1.72. The molecule has 0 spiro atoms. The predicted octanol–water partition coefficient (Wildman–Crippen LogP) is 2.51. The SMILES string of the molecule is CCCC[C@H](NS(=O)(=O)Cc1ccccc1Br)C(=O)O. The normalized spacial score (nSPS) is 13.1. The zero-order chi connectivity index (χ0) is 15.2. The van der Waals surface area contributed by atoms with Gasteiger partial charge in [-0.15, -0.1) is 0 Å². The summed E-state index contributed by atoms with van der Waals surface area (Å²) in [5.41, 5.74) is 0.597. The van der Waals surface area contributed by atoms with E-state index in [1.54, 1.807) is 24.3 Å². The third-order valence-electron chi connectivity index (χ3n) is 2.77. The van der Waals surface area contributed by atoms with Crippen molar-refractivity contribution in [2.24, 2.45) is 0 Å². The van der Waals surface area contributed by atoms with Gasteiger partial charge in [-0.1, -0.05) is 53.9 Å². The summed E-state index contributed by atoms with van der Waals surface area (Å²) in [6.07, 6.45) is 1.77. The number of nitrogens with one attached hydrogen (secondary N) is 1. The fraction of sp³-hybridized carbons (Fsp3) is 0.462. The highest BCUT2D eigenvalue weighted by atomic mass is 79.9. The number of benzene rings is 1. The summed E-state index contributed by atoms with van der Waals surface area (Å²) in [5, 5.41) is 9.05. The quantitative estimate of drug-likeness (QED) is 0.743. The maximum absolute atomic E-state index is 12.0. The van der Waals surface area contributed by atoms with Crippen molar-refractivity contribution in [1.29, 1.82) is 0 Å². The molecule has 5 nitrogen and oxygen atoms in total. The predicted molar refractivity (Wildman–Crippen MR) is 80.9 cm³/mol. The monoisotopic (exact) mass is 363 g/mol. The minimum atomic E-state index is -3.69. The summed E-state index contributed by atoms with van der Waals surface area (Å²) < 4.78 is 27.0. The Labute approximate surface area is 127 Å². The van der Waals surface area contributed by atoms with Gasteiger partial charge in [0.25, 0.3) is 0 Å². The van der Waals surface area contributed by atoms with E-state index in [0.29, 0.717) is 22.9 Å². The Morgan fingerprint density at radius 1 is 1.40 bits per heavy atom. The van der Waals surface area contributed by atoms with E-state index in [4.69, 9.17) is 5.11 Å². The van der Waals surface area contributed by atoms with E-state index in [1.165, 1.54) is 0 Å². The number of halogens is 1. The van der Waals surface area contributed by atoms with Gasteiger partial charge in [0.1, 0.15) is 6.04 Å². The van der Waals surface area contributed by atoms with Crippen LogP contribution in [0.3, 0.4) is 0 Å². The Bertz CT molecular complexity index is 559. The second-order valence-corrected chi connectivity index (χ2v) is 7.11. The molecule has 0 saturated carbocycles. The van der Waals surface area contributed by atoms with Crippen LogP contribution < -0.4 is 4.72 Å². The Kier molecular flexibility index (Phi) is 6.64. The number of carboxylic acids is 1. The number of hydrogen-bond acceptors (Lipinski definition) is 3. The molecular weight excluding hydrogens is 346 g/mol. The van der Waals surface area contributed by atoms with Gasteiger partial charge < -0.3 is 5.11 Å². The molecule has 1 rings (SSSR count). The van der Waals surface area contributed by atoms with Crippen LogP contribution in [0.1, 0.15) is 31.7 Å². The van der Waals surface area contributed by atoms with E-state index in [1.807, 2.05) is 6.92 Å². The molecule has 0 unspecified atom stereocenters. The van der Waals surface area contributed by atoms with Crippen molar-refractivity contribution in [3.05, 3.63) is 34.3 Å². The van der Waals surface area contributed by atoms with Crippen LogP contribution >= 0.6 is 15.9 Å². The number of carbonyl (C=O) groups is 1. The fourth-order valence-corrected chi connectivity index (χ4v) is 3.73. The number of sulfonamides is 1. The van der Waals surface area contributed by atoms with Crippen molar-refractivity contribution in [3.63, 3.8) is 0 Å². The molecular formula is C13H18BrNO4S. The smallest absolute Gasteiger partial charge is 0.321 e. The lowest BCUT2D eigenvalue weighted by molar-refractivity contribution is -0.139. The summed E-state index contributed by atoms with van der Waals surface area (Å²) in [6, 6.07) is 5.89. The number of hydrogen-bond donors (Lipinski definition) is 2. The summed E-state index contributed by atoms with van der Waals surface area (Å²) >= 11 is 3.28. The second kappa shape index (κ2) is 7.75. The lowest BCUT2D eigenvalue weighted by Crippen LogP contribution is -2.41. The molecule has 0 aliphatic rings. The van der Waals surface area contributed by atoms with Crippen LogP contribution in [0.2, 0.25) is 0 Å². The first-order valence-corrected chi connectivity index (χ1v) is 8.76. The molecule has 0 fully saturated rings. The second-order valence-electron chi connectivity index (χ2n) is 4.50. The maximum Gasteiger partial charge on any atom is 0.321 e. The molecule has 20 heavy (non-hydrogen) atoms. The van der Waals surface area contributed by atoms with E-state index in [9.17, 15) is 13.2 Å². The summed E-state index contributed by atoms with van der Waals surface area (Å²) in [7, 11) is -3.69. The van der Waals surface area contributed by atoms with Crippen LogP contribution in [0.5, 0.6) is 0 Å². The first-order chi connectivity index (χ1) is 9.35. The summed E-state index contributed by atoms with van der Waals surface area (Å²) in [6.45, 7) is 1.93. The van der Waals surface area contributed by atoms with Gasteiger partial charge >= 0.3 is 5.97 Å². The van der Waals surface area contributed by atoms with Gasteiger partial charge in [-0.2, -0.15) is 0 Å². The van der Waals surface area contributed by atoms with Crippen LogP contribution in [-0.2, 0) is 20.6 Å². The average Bonchev–Trinajstić information content (AvgIpc) is 2.36. The molecule has 0 heterocycles. The number of aliphatic carboxylic acids is 1. The topological polar surface area (TPSA) is 83.5 Å². The first-order valence-electron chi connectivity index (χ1n) is 6.32. The lowest BCUT2D eigenvalue weighted by Gasteiger charge is -2.14. The molecule has 0 saturated heterocycles. The maximum atomic E-state index is 12.0. The molecule has 112 valence electrons. The molecule has 1 aromatic carbocycles. The van der Waals surface area contributed by atoms with Crippen molar-refractivity contribution in [2.75, 3.05) is 0 Å². The first kappa shape index (κ1) is 17.1. The van der Waals surface area contributed by atoms with E-state index < -0.39 is 22.0 Å². The zero-order valence-electron chi connectivity index (χ0n) is 11.2. The highest BCUT2D eigenvalue weighted by Gasteiger charge is 2.24. The molecule has 0 aliphatic heterocycles. The average molecular weight is 364 g/mol. The van der Waals surface area contributed by atoms with Gasteiger partial charge in [0.2, 0.25) is 10.0 Å². The van der Waals surface area contributed by atoms with Crippen molar-refractivity contribution in [3.8, 4) is 0 Å². The van der Waals surface area contributed by atoms with Crippen LogP contribution in [0.15, 0.2) is 28.7 Å². The summed E-state index contributed by atoms with van der Waals surface area (Å²) in [4.78, 5) is 11.1. The highest BCUT2D eigenvalue weighted by molar-refractivity contribution is 9.10. The van der Waals surface area contributed by atoms with Gasteiger partial charge in [0.15, 0.2) is 0 Å². The van der Waals surface area contributed by atoms with E-state index in [-0.39, 0.29) is 5.75 Å². The minimum absolute atomic E-state index is 0.246. The van der Waals surface area contributed by atoms with Gasteiger partial charge in [-0.05, 0) is 18.1 Å². The van der Waals surface area contributed by atoms with Crippen LogP contribution in [0, 0.1) is 0 Å². The number of rotatable bonds is 8. The van der Waals surface area contributed by atoms with E-state index in [2.05, 4.69) is 20.7 Å². The number of carboxylic acid groups (broad SMARTS) is 1. The summed E-state index contributed by atoms with van der Waals surface area (Å²) in [5.74, 6) is -1.39. The Morgan fingerprint density at radius 2 is 2.05 bits per heavy atom. The molecule has 1 atom stereocenters. The molecule has 0 radical (unpaired) electrons. The van der Waals surface area contributed by atoms with Crippen molar-refractivity contribution in [2.45, 2.75) is 38.0 Å². The van der Waals surface area contributed by atoms with Crippen LogP contribution in [0.25, 0.3) is 0 Å². The van der Waals surface area contributed by atoms with Gasteiger partial charge in [0.05, 0.1) is 5.75 Å². The molecule has 0 aliphatic carbocycles. The van der Waals surface area contributed by atoms with Gasteiger partial charge in [-0.25, -0.2) is 13.1 Å². The third-order valence-corrected chi connectivity index (χ3v) is 4.88. The van der Waals surface area contributed by atoms with Gasteiger partial charge in [0, 0.05) is 4.47 Å². The zero-order valence-corrected chi connectivity index (χ0v) is 13.6. The molecule has 0 aromatic heterocycles. The van der Waals surface area contributed by atoms with Crippen LogP contribution in [-0.4, -0.2) is 25.5 Å². The highest BCUT2D eigenvalue weighted by Crippen LogP contribution is 2.18. The molecule has 1 aromatic rings. The minimum Gasteiger partial charge on any atom is -0.480 e. The lowest BCUT2D eigenvalue weighted by atomic mass is 10.1. The Hall–Kier alpha value is -0.920. The van der Waals surface area contributed by atoms with E-state index in [0.717, 1.165) is 6.42 Å². The molecule has 0 amide bonds.